The van der Waals surface area contributed by atoms with E-state index in [1.165, 1.54) is 12.1 Å². The van der Waals surface area contributed by atoms with Crippen LogP contribution in [0.1, 0.15) is 24.9 Å². The number of benzene rings is 2. The predicted molar refractivity (Wildman–Crippen MR) is 94.0 cm³/mol. The van der Waals surface area contributed by atoms with Gasteiger partial charge in [0, 0.05) is 21.5 Å². The Kier molecular flexibility index (Phi) is 6.57. The number of amides is 1. The fraction of sp³-hybridized carbons (Fsp3) is 0.235. The van der Waals surface area contributed by atoms with Gasteiger partial charge in [-0.15, -0.1) is 0 Å². The molecule has 0 heterocycles. The topological polar surface area (TPSA) is 45.7 Å². The third kappa shape index (κ3) is 5.30. The van der Waals surface area contributed by atoms with Crippen molar-refractivity contribution < 1.29 is 14.5 Å². The Morgan fingerprint density at radius 1 is 1.30 bits per heavy atom. The Hall–Kier alpha value is -1.43. The van der Waals surface area contributed by atoms with Crippen molar-refractivity contribution in [1.82, 2.24) is 0 Å². The van der Waals surface area contributed by atoms with E-state index in [9.17, 15) is 9.18 Å². The minimum atomic E-state index is -0.536. The smallest absolute Gasteiger partial charge is 0.279 e. The predicted octanol–water partition coefficient (Wildman–Crippen LogP) is 3.89. The lowest BCUT2D eigenvalue weighted by molar-refractivity contribution is -0.686. The number of anilines is 1. The molecule has 0 saturated carbocycles. The highest BCUT2D eigenvalue weighted by Crippen LogP contribution is 2.19. The fourth-order valence-corrected chi connectivity index (χ4v) is 2.71. The van der Waals surface area contributed by atoms with Gasteiger partial charge < -0.3 is 10.6 Å². The molecule has 0 unspecified atom stereocenters. The zero-order valence-electron chi connectivity index (χ0n) is 12.7. The first-order valence-corrected chi connectivity index (χ1v) is 8.50. The maximum Gasteiger partial charge on any atom is 0.279 e. The van der Waals surface area contributed by atoms with Gasteiger partial charge in [-0.1, -0.05) is 46.6 Å². The zero-order valence-corrected chi connectivity index (χ0v) is 15.0. The second-order valence-electron chi connectivity index (χ2n) is 5.18. The van der Waals surface area contributed by atoms with E-state index in [2.05, 4.69) is 28.2 Å². The summed E-state index contributed by atoms with van der Waals surface area (Å²) in [5, 5.41) is 4.82. The number of quaternary nitrogens is 1. The molecule has 1 atom stereocenters. The third-order valence-electron chi connectivity index (χ3n) is 3.53. The van der Waals surface area contributed by atoms with Crippen LogP contribution in [-0.2, 0) is 4.79 Å². The number of carbonyl (C=O) groups is 1. The summed E-state index contributed by atoms with van der Waals surface area (Å²) in [5.41, 5.74) is 1.30. The molecule has 0 aromatic heterocycles. The van der Waals surface area contributed by atoms with Crippen molar-refractivity contribution in [2.75, 3.05) is 11.9 Å². The molecule has 6 heteroatoms. The van der Waals surface area contributed by atoms with Crippen LogP contribution in [0, 0.1) is 5.82 Å². The monoisotopic (exact) mass is 399 g/mol. The number of carbonyl (C=O) groups excluding carboxylic acids is 1. The average molecular weight is 401 g/mol. The van der Waals surface area contributed by atoms with Crippen molar-refractivity contribution in [3.05, 3.63) is 63.3 Å². The average Bonchev–Trinajstić information content (AvgIpc) is 2.52. The van der Waals surface area contributed by atoms with Gasteiger partial charge in [-0.2, -0.15) is 0 Å². The lowest BCUT2D eigenvalue weighted by Gasteiger charge is -2.14. The van der Waals surface area contributed by atoms with E-state index < -0.39 is 5.82 Å². The molecular formula is C17H18BrClFN2O+. The van der Waals surface area contributed by atoms with E-state index in [4.69, 9.17) is 11.6 Å². The van der Waals surface area contributed by atoms with Crippen LogP contribution in [0.4, 0.5) is 10.1 Å². The lowest BCUT2D eigenvalue weighted by atomic mass is 10.0. The SMILES string of the molecule is CC[C@H]([NH2+]CC(=O)Nc1ccc(Cl)cc1F)c1ccc(Br)cc1. The molecule has 1 amide bonds. The highest BCUT2D eigenvalue weighted by Gasteiger charge is 2.15. The van der Waals surface area contributed by atoms with E-state index in [1.54, 1.807) is 6.07 Å². The van der Waals surface area contributed by atoms with Crippen molar-refractivity contribution in [2.45, 2.75) is 19.4 Å². The molecule has 0 radical (unpaired) electrons. The Balaban J connectivity index is 1.93. The van der Waals surface area contributed by atoms with Crippen molar-refractivity contribution in [2.24, 2.45) is 0 Å². The molecule has 0 bridgehead atoms. The van der Waals surface area contributed by atoms with Crippen LogP contribution in [0.25, 0.3) is 0 Å². The number of nitrogens with one attached hydrogen (secondary N) is 1. The molecule has 3 nitrogen and oxygen atoms in total. The van der Waals surface area contributed by atoms with Gasteiger partial charge in [0.15, 0.2) is 6.54 Å². The Morgan fingerprint density at radius 3 is 2.61 bits per heavy atom. The first-order chi connectivity index (χ1) is 11.0. The van der Waals surface area contributed by atoms with Crippen LogP contribution >= 0.6 is 27.5 Å². The molecule has 122 valence electrons. The van der Waals surface area contributed by atoms with E-state index >= 15 is 0 Å². The van der Waals surface area contributed by atoms with Gasteiger partial charge in [-0.25, -0.2) is 4.39 Å². The molecule has 2 aromatic rings. The van der Waals surface area contributed by atoms with Gasteiger partial charge in [-0.3, -0.25) is 4.79 Å². The molecule has 0 fully saturated rings. The molecule has 0 saturated heterocycles. The molecule has 0 aliphatic heterocycles. The molecule has 3 N–H and O–H groups in total. The minimum absolute atomic E-state index is 0.143. The van der Waals surface area contributed by atoms with Gasteiger partial charge in [0.05, 0.1) is 5.69 Å². The molecule has 2 aromatic carbocycles. The summed E-state index contributed by atoms with van der Waals surface area (Å²) in [6.45, 7) is 2.29. The highest BCUT2D eigenvalue weighted by atomic mass is 79.9. The zero-order chi connectivity index (χ0) is 16.8. The Labute approximate surface area is 148 Å². The van der Waals surface area contributed by atoms with Crippen LogP contribution in [0.5, 0.6) is 0 Å². The van der Waals surface area contributed by atoms with Crippen molar-refractivity contribution >= 4 is 39.1 Å². The standard InChI is InChI=1S/C17H17BrClFN2O/c1-2-15(11-3-5-12(18)6-4-11)21-10-17(23)22-16-8-7-13(19)9-14(16)20/h3-9,15,21H,2,10H2,1H3,(H,22,23)/p+1/t15-/m0/s1. The number of nitrogens with two attached hydrogens (primary N) is 1. The second kappa shape index (κ2) is 8.43. The van der Waals surface area contributed by atoms with E-state index in [0.717, 1.165) is 16.5 Å². The first kappa shape index (κ1) is 17.9. The number of halogens is 3. The Morgan fingerprint density at radius 2 is 2.00 bits per heavy atom. The van der Waals surface area contributed by atoms with Crippen LogP contribution in [0.15, 0.2) is 46.9 Å². The minimum Gasteiger partial charge on any atom is -0.332 e. The summed E-state index contributed by atoms with van der Waals surface area (Å²) in [5.74, 6) is -0.785. The van der Waals surface area contributed by atoms with Gasteiger partial charge in [0.1, 0.15) is 11.9 Å². The van der Waals surface area contributed by atoms with Crippen LogP contribution in [0.3, 0.4) is 0 Å². The third-order valence-corrected chi connectivity index (χ3v) is 4.29. The molecule has 23 heavy (non-hydrogen) atoms. The summed E-state index contributed by atoms with van der Waals surface area (Å²) >= 11 is 9.10. The molecule has 2 rings (SSSR count). The number of hydrogen-bond acceptors (Lipinski definition) is 1. The van der Waals surface area contributed by atoms with Crippen LogP contribution < -0.4 is 10.6 Å². The summed E-state index contributed by atoms with van der Waals surface area (Å²) < 4.78 is 14.7. The van der Waals surface area contributed by atoms with Crippen LogP contribution in [-0.4, -0.2) is 12.5 Å². The number of hydrogen-bond donors (Lipinski definition) is 2. The van der Waals surface area contributed by atoms with E-state index in [0.29, 0.717) is 5.02 Å². The largest absolute Gasteiger partial charge is 0.332 e. The first-order valence-electron chi connectivity index (χ1n) is 7.33. The molecular weight excluding hydrogens is 383 g/mol. The maximum atomic E-state index is 13.7. The summed E-state index contributed by atoms with van der Waals surface area (Å²) in [6.07, 6.45) is 0.893. The Bertz CT molecular complexity index is 679. The van der Waals surface area contributed by atoms with Crippen molar-refractivity contribution in [3.8, 4) is 0 Å². The molecule has 0 spiro atoms. The van der Waals surface area contributed by atoms with Gasteiger partial charge in [-0.05, 0) is 30.3 Å². The summed E-state index contributed by atoms with van der Waals surface area (Å²) in [4.78, 5) is 12.0. The van der Waals surface area contributed by atoms with E-state index in [1.807, 2.05) is 29.6 Å². The van der Waals surface area contributed by atoms with E-state index in [-0.39, 0.29) is 24.2 Å². The molecule has 0 aliphatic rings. The normalized spacial score (nSPS) is 12.0. The van der Waals surface area contributed by atoms with Gasteiger partial charge >= 0.3 is 0 Å². The van der Waals surface area contributed by atoms with Crippen molar-refractivity contribution in [3.63, 3.8) is 0 Å². The van der Waals surface area contributed by atoms with Crippen LogP contribution in [0.2, 0.25) is 5.02 Å². The lowest BCUT2D eigenvalue weighted by Crippen LogP contribution is -2.87. The summed E-state index contributed by atoms with van der Waals surface area (Å²) in [7, 11) is 0. The summed E-state index contributed by atoms with van der Waals surface area (Å²) in [6, 6.07) is 12.4. The second-order valence-corrected chi connectivity index (χ2v) is 6.53. The quantitative estimate of drug-likeness (QED) is 0.759. The van der Waals surface area contributed by atoms with Gasteiger partial charge in [0.2, 0.25) is 0 Å². The molecule has 0 aliphatic carbocycles. The van der Waals surface area contributed by atoms with Gasteiger partial charge in [0.25, 0.3) is 5.91 Å². The fourth-order valence-electron chi connectivity index (χ4n) is 2.29. The van der Waals surface area contributed by atoms with Crippen molar-refractivity contribution in [1.29, 1.82) is 0 Å². The number of rotatable bonds is 6. The highest BCUT2D eigenvalue weighted by molar-refractivity contribution is 9.10. The maximum absolute atomic E-state index is 13.7.